The number of anilines is 1. The standard InChI is InChI=1S/C11H15N3O2/c1-5-10(15)12-9-6-8(7(2)3)13-14(4)11(9)16/h5-7H,1H2,2-4H3,(H,12,15). The van der Waals surface area contributed by atoms with Crippen molar-refractivity contribution in [3.8, 4) is 0 Å². The lowest BCUT2D eigenvalue weighted by Gasteiger charge is -2.09. The molecule has 0 aliphatic carbocycles. The minimum Gasteiger partial charge on any atom is -0.318 e. The first-order chi connectivity index (χ1) is 7.45. The summed E-state index contributed by atoms with van der Waals surface area (Å²) in [5.74, 6) is -0.218. The summed E-state index contributed by atoms with van der Waals surface area (Å²) in [6.45, 7) is 7.26. The van der Waals surface area contributed by atoms with Gasteiger partial charge in [-0.3, -0.25) is 9.59 Å². The Kier molecular flexibility index (Phi) is 3.60. The molecule has 1 amide bonds. The molecule has 0 fully saturated rings. The molecular weight excluding hydrogens is 206 g/mol. The second-order valence-electron chi connectivity index (χ2n) is 3.76. The maximum absolute atomic E-state index is 11.6. The van der Waals surface area contributed by atoms with Crippen molar-refractivity contribution in [2.24, 2.45) is 7.05 Å². The first kappa shape index (κ1) is 12.2. The van der Waals surface area contributed by atoms with Gasteiger partial charge in [-0.25, -0.2) is 4.68 Å². The molecule has 0 saturated heterocycles. The third-order valence-electron chi connectivity index (χ3n) is 2.12. The summed E-state index contributed by atoms with van der Waals surface area (Å²) in [6.07, 6.45) is 1.12. The molecule has 0 aromatic carbocycles. The van der Waals surface area contributed by atoms with Crippen LogP contribution in [0.25, 0.3) is 0 Å². The number of carbonyl (C=O) groups excluding carboxylic acids is 1. The van der Waals surface area contributed by atoms with Gasteiger partial charge in [0.05, 0.1) is 5.69 Å². The quantitative estimate of drug-likeness (QED) is 0.775. The lowest BCUT2D eigenvalue weighted by atomic mass is 10.1. The summed E-state index contributed by atoms with van der Waals surface area (Å²) in [5, 5.41) is 6.56. The predicted molar refractivity (Wildman–Crippen MR) is 62.4 cm³/mol. The molecule has 5 heteroatoms. The molecule has 0 aliphatic rings. The molecule has 0 unspecified atom stereocenters. The van der Waals surface area contributed by atoms with Gasteiger partial charge >= 0.3 is 0 Å². The van der Waals surface area contributed by atoms with Gasteiger partial charge in [0.2, 0.25) is 5.91 Å². The number of rotatable bonds is 3. The van der Waals surface area contributed by atoms with Crippen molar-refractivity contribution in [2.45, 2.75) is 19.8 Å². The highest BCUT2D eigenvalue weighted by molar-refractivity contribution is 5.98. The fourth-order valence-corrected chi connectivity index (χ4v) is 1.19. The molecule has 0 aliphatic heterocycles. The topological polar surface area (TPSA) is 64.0 Å². The first-order valence-corrected chi connectivity index (χ1v) is 4.97. The van der Waals surface area contributed by atoms with E-state index in [0.717, 1.165) is 11.8 Å². The van der Waals surface area contributed by atoms with Crippen LogP contribution >= 0.6 is 0 Å². The van der Waals surface area contributed by atoms with Crippen LogP contribution in [-0.4, -0.2) is 15.7 Å². The fraction of sp³-hybridized carbons (Fsp3) is 0.364. The van der Waals surface area contributed by atoms with Crippen LogP contribution in [0.4, 0.5) is 5.69 Å². The van der Waals surface area contributed by atoms with Crippen molar-refractivity contribution in [3.05, 3.63) is 34.8 Å². The summed E-state index contributed by atoms with van der Waals surface area (Å²) in [4.78, 5) is 22.8. The molecule has 1 rings (SSSR count). The summed E-state index contributed by atoms with van der Waals surface area (Å²) < 4.78 is 1.22. The van der Waals surface area contributed by atoms with E-state index in [1.165, 1.54) is 4.68 Å². The molecule has 16 heavy (non-hydrogen) atoms. The summed E-state index contributed by atoms with van der Waals surface area (Å²) in [7, 11) is 1.55. The van der Waals surface area contributed by atoms with E-state index in [4.69, 9.17) is 0 Å². The Hall–Kier alpha value is -1.91. The zero-order valence-corrected chi connectivity index (χ0v) is 9.65. The molecule has 86 valence electrons. The molecule has 1 N–H and O–H groups in total. The molecule has 1 aromatic heterocycles. The molecule has 0 radical (unpaired) electrons. The first-order valence-electron chi connectivity index (χ1n) is 4.97. The molecule has 0 atom stereocenters. The van der Waals surface area contributed by atoms with Crippen LogP contribution in [0, 0.1) is 0 Å². The van der Waals surface area contributed by atoms with E-state index in [-0.39, 0.29) is 17.2 Å². The molecule has 5 nitrogen and oxygen atoms in total. The molecule has 0 saturated carbocycles. The second-order valence-corrected chi connectivity index (χ2v) is 3.76. The third kappa shape index (κ3) is 2.56. The summed E-state index contributed by atoms with van der Waals surface area (Å²) >= 11 is 0. The second kappa shape index (κ2) is 4.74. The summed E-state index contributed by atoms with van der Waals surface area (Å²) in [5.41, 5.74) is 0.646. The predicted octanol–water partition coefficient (Wildman–Crippen LogP) is 1.03. The SMILES string of the molecule is C=CC(=O)Nc1cc(C(C)C)nn(C)c1=O. The third-order valence-corrected chi connectivity index (χ3v) is 2.12. The zero-order chi connectivity index (χ0) is 12.3. The Morgan fingerprint density at radius 2 is 2.25 bits per heavy atom. The minimum absolute atomic E-state index is 0.186. The number of aryl methyl sites for hydroxylation is 1. The van der Waals surface area contributed by atoms with E-state index in [2.05, 4.69) is 17.0 Å². The van der Waals surface area contributed by atoms with E-state index in [0.29, 0.717) is 0 Å². The Labute approximate surface area is 93.8 Å². The van der Waals surface area contributed by atoms with Gasteiger partial charge < -0.3 is 5.32 Å². The van der Waals surface area contributed by atoms with Gasteiger partial charge in [-0.15, -0.1) is 0 Å². The van der Waals surface area contributed by atoms with E-state index < -0.39 is 5.91 Å². The number of aromatic nitrogens is 2. The van der Waals surface area contributed by atoms with E-state index >= 15 is 0 Å². The summed E-state index contributed by atoms with van der Waals surface area (Å²) in [6, 6.07) is 1.59. The van der Waals surface area contributed by atoms with E-state index in [9.17, 15) is 9.59 Å². The van der Waals surface area contributed by atoms with Crippen LogP contribution in [0.1, 0.15) is 25.5 Å². The molecule has 1 heterocycles. The van der Waals surface area contributed by atoms with E-state index in [1.807, 2.05) is 13.8 Å². The Balaban J connectivity index is 3.21. The van der Waals surface area contributed by atoms with Crippen molar-refractivity contribution in [1.29, 1.82) is 0 Å². The molecule has 0 spiro atoms. The largest absolute Gasteiger partial charge is 0.318 e. The average molecular weight is 221 g/mol. The molecule has 0 bridgehead atoms. The van der Waals surface area contributed by atoms with Crippen LogP contribution in [0.15, 0.2) is 23.5 Å². The Morgan fingerprint density at radius 3 is 2.75 bits per heavy atom. The van der Waals surface area contributed by atoms with Crippen LogP contribution < -0.4 is 10.9 Å². The van der Waals surface area contributed by atoms with E-state index in [1.54, 1.807) is 13.1 Å². The van der Waals surface area contributed by atoms with Gasteiger partial charge in [-0.05, 0) is 18.1 Å². The number of hydrogen-bond acceptors (Lipinski definition) is 3. The van der Waals surface area contributed by atoms with Crippen LogP contribution in [-0.2, 0) is 11.8 Å². The number of amides is 1. The van der Waals surface area contributed by atoms with Gasteiger partial charge in [0.1, 0.15) is 5.69 Å². The maximum Gasteiger partial charge on any atom is 0.290 e. The van der Waals surface area contributed by atoms with Crippen molar-refractivity contribution in [3.63, 3.8) is 0 Å². The highest BCUT2D eigenvalue weighted by atomic mass is 16.2. The highest BCUT2D eigenvalue weighted by Crippen LogP contribution is 2.12. The number of nitrogens with one attached hydrogen (secondary N) is 1. The van der Waals surface area contributed by atoms with Gasteiger partial charge in [0, 0.05) is 7.05 Å². The Bertz CT molecular complexity index is 475. The monoisotopic (exact) mass is 221 g/mol. The van der Waals surface area contributed by atoms with Crippen LogP contribution in [0.2, 0.25) is 0 Å². The van der Waals surface area contributed by atoms with Gasteiger partial charge in [0.25, 0.3) is 5.56 Å². The lowest BCUT2D eigenvalue weighted by molar-refractivity contribution is -0.111. The number of hydrogen-bond donors (Lipinski definition) is 1. The number of nitrogens with zero attached hydrogens (tertiary/aromatic N) is 2. The fourth-order valence-electron chi connectivity index (χ4n) is 1.19. The van der Waals surface area contributed by atoms with Crippen molar-refractivity contribution >= 4 is 11.6 Å². The van der Waals surface area contributed by atoms with Gasteiger partial charge in [0.15, 0.2) is 0 Å². The smallest absolute Gasteiger partial charge is 0.290 e. The van der Waals surface area contributed by atoms with Crippen LogP contribution in [0.3, 0.4) is 0 Å². The molecule has 1 aromatic rings. The lowest BCUT2D eigenvalue weighted by Crippen LogP contribution is -2.26. The number of carbonyl (C=O) groups is 1. The van der Waals surface area contributed by atoms with Gasteiger partial charge in [-0.1, -0.05) is 20.4 Å². The average Bonchev–Trinajstić information content (AvgIpc) is 2.23. The van der Waals surface area contributed by atoms with Gasteiger partial charge in [-0.2, -0.15) is 5.10 Å². The van der Waals surface area contributed by atoms with Crippen LogP contribution in [0.5, 0.6) is 0 Å². The zero-order valence-electron chi connectivity index (χ0n) is 9.65. The van der Waals surface area contributed by atoms with Crippen molar-refractivity contribution in [2.75, 3.05) is 5.32 Å². The highest BCUT2D eigenvalue weighted by Gasteiger charge is 2.09. The Morgan fingerprint density at radius 1 is 1.62 bits per heavy atom. The maximum atomic E-state index is 11.6. The van der Waals surface area contributed by atoms with Crippen molar-refractivity contribution in [1.82, 2.24) is 9.78 Å². The normalized spacial score (nSPS) is 10.2. The van der Waals surface area contributed by atoms with Crippen molar-refractivity contribution < 1.29 is 4.79 Å². The minimum atomic E-state index is -0.405. The molecular formula is C11H15N3O2.